The normalized spacial score (nSPS) is 24.5. The minimum atomic E-state index is -0.699. The van der Waals surface area contributed by atoms with E-state index in [0.29, 0.717) is 18.8 Å². The number of rotatable bonds is 3. The maximum absolute atomic E-state index is 11.3. The van der Waals surface area contributed by atoms with Gasteiger partial charge in [-0.2, -0.15) is 0 Å². The fraction of sp³-hybridized carbons (Fsp3) is 0.688. The van der Waals surface area contributed by atoms with Crippen molar-refractivity contribution in [3.8, 4) is 0 Å². The number of ether oxygens (including phenoxy) is 1. The summed E-state index contributed by atoms with van der Waals surface area (Å²) in [6.07, 6.45) is 2.30. The first-order chi connectivity index (χ1) is 10.5. The summed E-state index contributed by atoms with van der Waals surface area (Å²) in [6.45, 7) is 6.71. The number of nitrogens with zero attached hydrogens (tertiary/aromatic N) is 3. The van der Waals surface area contributed by atoms with E-state index in [1.54, 1.807) is 0 Å². The van der Waals surface area contributed by atoms with Crippen LogP contribution in [0.2, 0.25) is 0 Å². The standard InChI is InChI=1S/C16H23N3O3/c1-11-17-13(12-3-8-22-10-12)9-14(18-11)19-6-4-16(2,5-7-19)15(20)21/h9,12H,3-8,10H2,1-2H3,(H,20,21). The number of anilines is 1. The van der Waals surface area contributed by atoms with Gasteiger partial charge in [-0.15, -0.1) is 0 Å². The van der Waals surface area contributed by atoms with Crippen LogP contribution in [0.4, 0.5) is 5.82 Å². The van der Waals surface area contributed by atoms with Gasteiger partial charge in [0.25, 0.3) is 0 Å². The Bertz CT molecular complexity index is 562. The summed E-state index contributed by atoms with van der Waals surface area (Å²) in [4.78, 5) is 22.6. The Kier molecular flexibility index (Phi) is 4.04. The van der Waals surface area contributed by atoms with Crippen LogP contribution in [0, 0.1) is 12.3 Å². The van der Waals surface area contributed by atoms with Gasteiger partial charge in [0.05, 0.1) is 17.7 Å². The summed E-state index contributed by atoms with van der Waals surface area (Å²) >= 11 is 0. The highest BCUT2D eigenvalue weighted by atomic mass is 16.5. The van der Waals surface area contributed by atoms with Gasteiger partial charge in [0.15, 0.2) is 0 Å². The molecule has 2 saturated heterocycles. The summed E-state index contributed by atoms with van der Waals surface area (Å²) in [7, 11) is 0. The van der Waals surface area contributed by atoms with Crippen molar-refractivity contribution in [2.24, 2.45) is 5.41 Å². The number of aryl methyl sites for hydroxylation is 1. The molecule has 1 N–H and O–H groups in total. The molecule has 0 radical (unpaired) electrons. The van der Waals surface area contributed by atoms with Gasteiger partial charge in [-0.3, -0.25) is 4.79 Å². The monoisotopic (exact) mass is 305 g/mol. The van der Waals surface area contributed by atoms with Crippen molar-refractivity contribution in [2.45, 2.75) is 39.0 Å². The topological polar surface area (TPSA) is 75.5 Å². The van der Waals surface area contributed by atoms with Gasteiger partial charge in [-0.1, -0.05) is 0 Å². The van der Waals surface area contributed by atoms with E-state index >= 15 is 0 Å². The maximum Gasteiger partial charge on any atom is 0.309 e. The predicted octanol–water partition coefficient (Wildman–Crippen LogP) is 1.98. The van der Waals surface area contributed by atoms with E-state index in [1.165, 1.54) is 0 Å². The smallest absolute Gasteiger partial charge is 0.309 e. The number of aromatic nitrogens is 2. The molecule has 120 valence electrons. The summed E-state index contributed by atoms with van der Waals surface area (Å²) < 4.78 is 5.45. The SMILES string of the molecule is Cc1nc(C2CCOC2)cc(N2CCC(C)(C(=O)O)CC2)n1. The zero-order chi connectivity index (χ0) is 15.7. The molecular weight excluding hydrogens is 282 g/mol. The van der Waals surface area contributed by atoms with Crippen LogP contribution < -0.4 is 4.90 Å². The molecule has 3 rings (SSSR count). The van der Waals surface area contributed by atoms with E-state index in [1.807, 2.05) is 13.8 Å². The van der Waals surface area contributed by atoms with Gasteiger partial charge < -0.3 is 14.7 Å². The van der Waals surface area contributed by atoms with Crippen molar-refractivity contribution in [1.82, 2.24) is 9.97 Å². The van der Waals surface area contributed by atoms with E-state index in [-0.39, 0.29) is 0 Å². The second kappa shape index (κ2) is 5.83. The molecule has 1 unspecified atom stereocenters. The number of piperidine rings is 1. The molecule has 2 aliphatic rings. The van der Waals surface area contributed by atoms with Crippen molar-refractivity contribution in [1.29, 1.82) is 0 Å². The van der Waals surface area contributed by atoms with Crippen molar-refractivity contribution < 1.29 is 14.6 Å². The Hall–Kier alpha value is -1.69. The first-order valence-corrected chi connectivity index (χ1v) is 7.90. The first-order valence-electron chi connectivity index (χ1n) is 7.90. The van der Waals surface area contributed by atoms with E-state index in [2.05, 4.69) is 20.9 Å². The molecule has 0 saturated carbocycles. The van der Waals surface area contributed by atoms with Crippen molar-refractivity contribution in [2.75, 3.05) is 31.2 Å². The second-order valence-corrected chi connectivity index (χ2v) is 6.61. The molecule has 2 fully saturated rings. The van der Waals surface area contributed by atoms with Crippen molar-refractivity contribution in [3.05, 3.63) is 17.6 Å². The van der Waals surface area contributed by atoms with Gasteiger partial charge in [0, 0.05) is 31.7 Å². The average Bonchev–Trinajstić information content (AvgIpc) is 3.01. The molecule has 2 aliphatic heterocycles. The van der Waals surface area contributed by atoms with Crippen molar-refractivity contribution in [3.63, 3.8) is 0 Å². The molecule has 22 heavy (non-hydrogen) atoms. The molecule has 0 bridgehead atoms. The Balaban J connectivity index is 1.76. The minimum Gasteiger partial charge on any atom is -0.481 e. The van der Waals surface area contributed by atoms with Gasteiger partial charge in [0.1, 0.15) is 11.6 Å². The van der Waals surface area contributed by atoms with Crippen LogP contribution in [0.5, 0.6) is 0 Å². The molecule has 0 amide bonds. The molecule has 0 spiro atoms. The summed E-state index contributed by atoms with van der Waals surface area (Å²) in [5.41, 5.74) is 0.437. The lowest BCUT2D eigenvalue weighted by Gasteiger charge is -2.37. The molecule has 3 heterocycles. The van der Waals surface area contributed by atoms with Gasteiger partial charge >= 0.3 is 5.97 Å². The van der Waals surface area contributed by atoms with E-state index < -0.39 is 11.4 Å². The second-order valence-electron chi connectivity index (χ2n) is 6.61. The summed E-state index contributed by atoms with van der Waals surface area (Å²) in [6, 6.07) is 2.05. The number of aliphatic carboxylic acids is 1. The van der Waals surface area contributed by atoms with Crippen LogP contribution in [0.15, 0.2) is 6.07 Å². The zero-order valence-corrected chi connectivity index (χ0v) is 13.2. The Morgan fingerprint density at radius 1 is 1.41 bits per heavy atom. The lowest BCUT2D eigenvalue weighted by atomic mass is 9.80. The van der Waals surface area contributed by atoms with Gasteiger partial charge in [0.2, 0.25) is 0 Å². The zero-order valence-electron chi connectivity index (χ0n) is 13.2. The highest BCUT2D eigenvalue weighted by Gasteiger charge is 2.37. The number of hydrogen-bond donors (Lipinski definition) is 1. The maximum atomic E-state index is 11.3. The fourth-order valence-corrected chi connectivity index (χ4v) is 3.16. The van der Waals surface area contributed by atoms with Gasteiger partial charge in [-0.05, 0) is 33.1 Å². The minimum absolute atomic E-state index is 0.356. The van der Waals surface area contributed by atoms with Crippen molar-refractivity contribution >= 4 is 11.8 Å². The average molecular weight is 305 g/mol. The number of hydrogen-bond acceptors (Lipinski definition) is 5. The molecule has 1 aromatic rings. The van der Waals surface area contributed by atoms with E-state index in [9.17, 15) is 9.90 Å². The summed E-state index contributed by atoms with van der Waals surface area (Å²) in [5.74, 6) is 1.34. The van der Waals surface area contributed by atoms with Gasteiger partial charge in [-0.25, -0.2) is 9.97 Å². The Labute approximate surface area is 130 Å². The molecule has 0 aromatic carbocycles. The molecule has 1 atom stereocenters. The summed E-state index contributed by atoms with van der Waals surface area (Å²) in [5, 5.41) is 9.33. The van der Waals surface area contributed by atoms with Crippen LogP contribution in [0.25, 0.3) is 0 Å². The quantitative estimate of drug-likeness (QED) is 0.920. The van der Waals surface area contributed by atoms with Crippen LogP contribution in [-0.4, -0.2) is 47.3 Å². The largest absolute Gasteiger partial charge is 0.481 e. The molecule has 0 aliphatic carbocycles. The highest BCUT2D eigenvalue weighted by molar-refractivity contribution is 5.74. The molecule has 1 aromatic heterocycles. The van der Waals surface area contributed by atoms with Crippen LogP contribution in [-0.2, 0) is 9.53 Å². The fourth-order valence-electron chi connectivity index (χ4n) is 3.16. The highest BCUT2D eigenvalue weighted by Crippen LogP contribution is 2.33. The molecule has 6 heteroatoms. The lowest BCUT2D eigenvalue weighted by molar-refractivity contribution is -0.149. The Morgan fingerprint density at radius 2 is 2.14 bits per heavy atom. The molecule has 6 nitrogen and oxygen atoms in total. The number of carboxylic acids is 1. The third kappa shape index (κ3) is 2.92. The Morgan fingerprint density at radius 3 is 2.73 bits per heavy atom. The van der Waals surface area contributed by atoms with E-state index in [4.69, 9.17) is 4.74 Å². The third-order valence-electron chi connectivity index (χ3n) is 4.90. The van der Waals surface area contributed by atoms with Crippen LogP contribution in [0.3, 0.4) is 0 Å². The third-order valence-corrected chi connectivity index (χ3v) is 4.90. The lowest BCUT2D eigenvalue weighted by Crippen LogP contribution is -2.43. The number of carboxylic acid groups (broad SMARTS) is 1. The first kappa shape index (κ1) is 15.2. The van der Waals surface area contributed by atoms with E-state index in [0.717, 1.165) is 50.1 Å². The number of carbonyl (C=O) groups is 1. The van der Waals surface area contributed by atoms with Crippen LogP contribution in [0.1, 0.15) is 43.6 Å². The van der Waals surface area contributed by atoms with Crippen LogP contribution >= 0.6 is 0 Å². The predicted molar refractivity (Wildman–Crippen MR) is 82.1 cm³/mol. The molecular formula is C16H23N3O3.